The first kappa shape index (κ1) is 13.1. The second-order valence-electron chi connectivity index (χ2n) is 6.71. The number of rotatable bonds is 1. The molecule has 6 heteroatoms. The van der Waals surface area contributed by atoms with Crippen LogP contribution in [0.2, 0.25) is 5.31 Å². The molecule has 1 aromatic rings. The van der Waals surface area contributed by atoms with Crippen LogP contribution in [0.4, 0.5) is 5.69 Å². The van der Waals surface area contributed by atoms with Gasteiger partial charge >= 0.3 is 6.02 Å². The molecule has 4 fully saturated rings. The monoisotopic (exact) mass is 282 g/mol. The summed E-state index contributed by atoms with van der Waals surface area (Å²) in [4.78, 5) is 8.55. The highest BCUT2D eigenvalue weighted by Gasteiger charge is 2.57. The molecule has 1 atom stereocenters. The highest BCUT2D eigenvalue weighted by molar-refractivity contribution is 6.15. The number of fused-ring (bicyclic) bond motifs is 2. The predicted molar refractivity (Wildman–Crippen MR) is 81.1 cm³/mol. The number of aromatic nitrogens is 1. The molecule has 3 saturated carbocycles. The lowest BCUT2D eigenvalue weighted by Crippen LogP contribution is -2.52. The van der Waals surface area contributed by atoms with Crippen LogP contribution in [0.3, 0.4) is 0 Å². The first-order chi connectivity index (χ1) is 10.1. The number of aliphatic imine (C=N–C) groups is 1. The van der Waals surface area contributed by atoms with E-state index in [0.29, 0.717) is 18.5 Å². The van der Waals surface area contributed by atoms with Crippen molar-refractivity contribution in [2.75, 3.05) is 6.54 Å². The van der Waals surface area contributed by atoms with Gasteiger partial charge in [0.05, 0.1) is 26.3 Å². The van der Waals surface area contributed by atoms with E-state index in [-0.39, 0.29) is 10.9 Å². The van der Waals surface area contributed by atoms with E-state index in [1.807, 2.05) is 12.1 Å². The van der Waals surface area contributed by atoms with Crippen LogP contribution in [-0.4, -0.2) is 36.0 Å². The van der Waals surface area contributed by atoms with Crippen molar-refractivity contribution in [3.8, 4) is 0 Å². The molecule has 3 aliphatic carbocycles. The predicted octanol–water partition coefficient (Wildman–Crippen LogP) is 1.93. The summed E-state index contributed by atoms with van der Waals surface area (Å²) in [6.07, 6.45) is 8.76. The van der Waals surface area contributed by atoms with Crippen molar-refractivity contribution >= 4 is 19.6 Å². The SMILES string of the molecule is [B]C12CCC(CC1)[C@@]1(CN(N)C(=Nc3cccnc3)O1)C2. The molecule has 2 heterocycles. The van der Waals surface area contributed by atoms with Crippen molar-refractivity contribution < 1.29 is 4.74 Å². The molecule has 0 amide bonds. The Hall–Kier alpha value is -1.56. The van der Waals surface area contributed by atoms with Gasteiger partial charge in [-0.1, -0.05) is 18.2 Å². The summed E-state index contributed by atoms with van der Waals surface area (Å²) in [5.74, 6) is 6.66. The molecule has 0 unspecified atom stereocenters. The summed E-state index contributed by atoms with van der Waals surface area (Å²) in [5, 5.41) is 1.54. The number of hydrazine groups is 1. The number of hydrogen-bond acceptors (Lipinski definition) is 4. The maximum Gasteiger partial charge on any atom is 0.308 e. The number of nitrogens with two attached hydrogens (primary N) is 1. The number of pyridine rings is 1. The Kier molecular flexibility index (Phi) is 2.79. The first-order valence-electron chi connectivity index (χ1n) is 7.58. The summed E-state index contributed by atoms with van der Waals surface area (Å²) < 4.78 is 6.25. The smallest absolute Gasteiger partial charge is 0.308 e. The van der Waals surface area contributed by atoms with Crippen LogP contribution in [0.1, 0.15) is 32.1 Å². The minimum atomic E-state index is -0.249. The van der Waals surface area contributed by atoms with Crippen LogP contribution in [-0.2, 0) is 4.74 Å². The fourth-order valence-electron chi connectivity index (χ4n) is 4.19. The topological polar surface area (TPSA) is 63.7 Å². The lowest BCUT2D eigenvalue weighted by Gasteiger charge is -2.53. The van der Waals surface area contributed by atoms with Crippen LogP contribution in [0.5, 0.6) is 0 Å². The standard InChI is InChI=1S/C15H19BN4O/c16-14-5-3-11(4-6-14)15(9-14)10-20(17)13(21-15)19-12-2-1-7-18-8-12/h1-2,7-8,11H,3-6,9-10,17H2/t11?,14?,15-/m0/s1. The minimum absolute atomic E-state index is 0.0840. The highest BCUT2D eigenvalue weighted by Crippen LogP contribution is 2.60. The second kappa shape index (κ2) is 4.47. The summed E-state index contributed by atoms with van der Waals surface area (Å²) in [6.45, 7) is 0.676. The van der Waals surface area contributed by atoms with Gasteiger partial charge in [-0.25, -0.2) is 5.84 Å². The fourth-order valence-corrected chi connectivity index (χ4v) is 4.19. The minimum Gasteiger partial charge on any atom is -0.455 e. The van der Waals surface area contributed by atoms with Gasteiger partial charge in [-0.05, 0) is 31.4 Å². The fraction of sp³-hybridized carbons (Fsp3) is 0.600. The van der Waals surface area contributed by atoms with E-state index in [0.717, 1.165) is 37.8 Å². The molecule has 21 heavy (non-hydrogen) atoms. The van der Waals surface area contributed by atoms with Crippen LogP contribution in [0.25, 0.3) is 0 Å². The summed E-state index contributed by atoms with van der Waals surface area (Å²) in [6, 6.07) is 4.22. The summed E-state index contributed by atoms with van der Waals surface area (Å²) in [7, 11) is 6.51. The molecule has 4 aliphatic rings. The van der Waals surface area contributed by atoms with Gasteiger partial charge in [0.15, 0.2) is 0 Å². The summed E-state index contributed by atoms with van der Waals surface area (Å²) >= 11 is 0. The lowest BCUT2D eigenvalue weighted by molar-refractivity contribution is -0.0583. The Morgan fingerprint density at radius 3 is 2.90 bits per heavy atom. The largest absolute Gasteiger partial charge is 0.455 e. The van der Waals surface area contributed by atoms with Gasteiger partial charge in [0.2, 0.25) is 0 Å². The van der Waals surface area contributed by atoms with Crippen molar-refractivity contribution in [3.63, 3.8) is 0 Å². The molecule has 0 aromatic carbocycles. The molecule has 5 rings (SSSR count). The molecule has 1 saturated heterocycles. The normalized spacial score (nSPS) is 40.0. The Bertz CT molecular complexity index is 570. The molecule has 108 valence electrons. The maximum atomic E-state index is 6.51. The van der Waals surface area contributed by atoms with Crippen LogP contribution >= 0.6 is 0 Å². The zero-order valence-corrected chi connectivity index (χ0v) is 12.0. The van der Waals surface area contributed by atoms with E-state index >= 15 is 0 Å². The molecule has 1 aromatic heterocycles. The van der Waals surface area contributed by atoms with Gasteiger partial charge in [0, 0.05) is 12.1 Å². The molecule has 1 aliphatic heterocycles. The van der Waals surface area contributed by atoms with Crippen LogP contribution < -0.4 is 5.84 Å². The molecule has 5 nitrogen and oxygen atoms in total. The number of amidine groups is 1. The molecule has 1 spiro atoms. The zero-order valence-electron chi connectivity index (χ0n) is 12.0. The van der Waals surface area contributed by atoms with Crippen molar-refractivity contribution in [1.82, 2.24) is 9.99 Å². The third-order valence-electron chi connectivity index (χ3n) is 5.23. The number of hydrogen-bond donors (Lipinski definition) is 1. The Balaban J connectivity index is 1.62. The van der Waals surface area contributed by atoms with E-state index in [1.54, 1.807) is 17.4 Å². The third-order valence-corrected chi connectivity index (χ3v) is 5.23. The van der Waals surface area contributed by atoms with Crippen molar-refractivity contribution in [2.24, 2.45) is 16.8 Å². The Labute approximate surface area is 126 Å². The third kappa shape index (κ3) is 2.13. The van der Waals surface area contributed by atoms with Crippen molar-refractivity contribution in [2.45, 2.75) is 43.0 Å². The zero-order chi connectivity index (χ0) is 14.5. The lowest BCUT2D eigenvalue weighted by atomic mass is 9.47. The van der Waals surface area contributed by atoms with E-state index in [9.17, 15) is 0 Å². The Morgan fingerprint density at radius 2 is 2.24 bits per heavy atom. The Morgan fingerprint density at radius 1 is 1.43 bits per heavy atom. The quantitative estimate of drug-likeness (QED) is 0.631. The number of ether oxygens (including phenoxy) is 1. The van der Waals surface area contributed by atoms with E-state index in [4.69, 9.17) is 18.4 Å². The molecule has 2 N–H and O–H groups in total. The average molecular weight is 282 g/mol. The molecular formula is C15H19BN4O. The van der Waals surface area contributed by atoms with Gasteiger partial charge in [-0.15, -0.1) is 0 Å². The molecule has 2 bridgehead atoms. The van der Waals surface area contributed by atoms with Gasteiger partial charge in [-0.3, -0.25) is 9.99 Å². The maximum absolute atomic E-state index is 6.51. The second-order valence-corrected chi connectivity index (χ2v) is 6.71. The van der Waals surface area contributed by atoms with Gasteiger partial charge in [-0.2, -0.15) is 4.99 Å². The molecule has 2 radical (unpaired) electrons. The van der Waals surface area contributed by atoms with Gasteiger partial charge < -0.3 is 4.74 Å². The van der Waals surface area contributed by atoms with Gasteiger partial charge in [0.1, 0.15) is 5.60 Å². The number of nitrogens with zero attached hydrogens (tertiary/aromatic N) is 3. The first-order valence-corrected chi connectivity index (χ1v) is 7.58. The highest BCUT2D eigenvalue weighted by atomic mass is 16.5. The van der Waals surface area contributed by atoms with E-state index < -0.39 is 0 Å². The molecular weight excluding hydrogens is 263 g/mol. The van der Waals surface area contributed by atoms with Crippen LogP contribution in [0, 0.1) is 5.92 Å². The van der Waals surface area contributed by atoms with Crippen molar-refractivity contribution in [1.29, 1.82) is 0 Å². The van der Waals surface area contributed by atoms with E-state index in [1.165, 1.54) is 0 Å². The van der Waals surface area contributed by atoms with Gasteiger partial charge in [0.25, 0.3) is 0 Å². The average Bonchev–Trinajstić information content (AvgIpc) is 2.75. The van der Waals surface area contributed by atoms with Crippen LogP contribution in [0.15, 0.2) is 29.5 Å². The van der Waals surface area contributed by atoms with Crippen molar-refractivity contribution in [3.05, 3.63) is 24.5 Å². The summed E-state index contributed by atoms with van der Waals surface area (Å²) in [5.41, 5.74) is 0.504. The van der Waals surface area contributed by atoms with E-state index in [2.05, 4.69) is 9.98 Å².